The summed E-state index contributed by atoms with van der Waals surface area (Å²) in [5.41, 5.74) is 1.000. The normalized spacial score (nSPS) is 17.8. The van der Waals surface area contributed by atoms with Crippen LogP contribution in [0.5, 0.6) is 0 Å². The molecule has 21 heavy (non-hydrogen) atoms. The molecule has 6 heteroatoms. The Hall–Kier alpha value is -1.56. The molecule has 0 amide bonds. The van der Waals surface area contributed by atoms with Crippen LogP contribution in [0.2, 0.25) is 0 Å². The molecule has 1 aliphatic heterocycles. The molecule has 2 N–H and O–H groups in total. The van der Waals surface area contributed by atoms with Crippen LogP contribution in [0, 0.1) is 0 Å². The molecule has 0 spiro atoms. The maximum Gasteiger partial charge on any atom is 0.191 e. The number of rotatable bonds is 5. The lowest BCUT2D eigenvalue weighted by Gasteiger charge is -2.41. The lowest BCUT2D eigenvalue weighted by molar-refractivity contribution is 0.0982. The van der Waals surface area contributed by atoms with E-state index in [2.05, 4.69) is 39.5 Å². The Kier molecular flexibility index (Phi) is 5.61. The summed E-state index contributed by atoms with van der Waals surface area (Å²) >= 11 is 0. The second kappa shape index (κ2) is 7.45. The van der Waals surface area contributed by atoms with Gasteiger partial charge in [0.15, 0.2) is 5.96 Å². The SMILES string of the molecule is CN=C(NCc1ccon1)NCC(C)(C)N1CCCCC1. The van der Waals surface area contributed by atoms with Gasteiger partial charge < -0.3 is 15.2 Å². The number of aromatic nitrogens is 1. The van der Waals surface area contributed by atoms with Crippen molar-refractivity contribution in [3.8, 4) is 0 Å². The quantitative estimate of drug-likeness (QED) is 0.638. The topological polar surface area (TPSA) is 65.7 Å². The van der Waals surface area contributed by atoms with E-state index in [1.165, 1.54) is 32.4 Å². The molecule has 1 aromatic heterocycles. The van der Waals surface area contributed by atoms with Gasteiger partial charge in [0.05, 0.1) is 6.54 Å². The van der Waals surface area contributed by atoms with Crippen molar-refractivity contribution in [1.29, 1.82) is 0 Å². The number of hydrogen-bond acceptors (Lipinski definition) is 4. The van der Waals surface area contributed by atoms with E-state index in [0.29, 0.717) is 6.54 Å². The van der Waals surface area contributed by atoms with Gasteiger partial charge in [0.25, 0.3) is 0 Å². The first-order chi connectivity index (χ1) is 10.1. The average Bonchev–Trinajstić information content (AvgIpc) is 3.02. The molecule has 0 unspecified atom stereocenters. The summed E-state index contributed by atoms with van der Waals surface area (Å²) in [7, 11) is 1.78. The minimum absolute atomic E-state index is 0.131. The van der Waals surface area contributed by atoms with Gasteiger partial charge in [0.2, 0.25) is 0 Å². The van der Waals surface area contributed by atoms with Crippen molar-refractivity contribution >= 4 is 5.96 Å². The van der Waals surface area contributed by atoms with Gasteiger partial charge in [-0.3, -0.25) is 9.89 Å². The molecule has 2 rings (SSSR count). The second-order valence-electron chi connectivity index (χ2n) is 6.13. The van der Waals surface area contributed by atoms with Gasteiger partial charge in [-0.15, -0.1) is 0 Å². The lowest BCUT2D eigenvalue weighted by Crippen LogP contribution is -2.54. The van der Waals surface area contributed by atoms with Crippen LogP contribution in [-0.4, -0.2) is 48.2 Å². The van der Waals surface area contributed by atoms with Crippen molar-refractivity contribution < 1.29 is 4.52 Å². The number of nitrogens with zero attached hydrogens (tertiary/aromatic N) is 3. The molecule has 118 valence electrons. The van der Waals surface area contributed by atoms with Crippen molar-refractivity contribution in [3.63, 3.8) is 0 Å². The maximum atomic E-state index is 4.82. The molecule has 1 saturated heterocycles. The third-order valence-corrected chi connectivity index (χ3v) is 4.05. The molecular formula is C15H27N5O. The van der Waals surface area contributed by atoms with Crippen molar-refractivity contribution in [1.82, 2.24) is 20.7 Å². The van der Waals surface area contributed by atoms with E-state index in [0.717, 1.165) is 18.2 Å². The van der Waals surface area contributed by atoms with Crippen LogP contribution in [-0.2, 0) is 6.54 Å². The summed E-state index contributed by atoms with van der Waals surface area (Å²) in [6.45, 7) is 8.44. The van der Waals surface area contributed by atoms with Gasteiger partial charge in [-0.2, -0.15) is 0 Å². The average molecular weight is 293 g/mol. The van der Waals surface area contributed by atoms with Crippen LogP contribution in [0.4, 0.5) is 0 Å². The van der Waals surface area contributed by atoms with Gasteiger partial charge in [-0.25, -0.2) is 0 Å². The van der Waals surface area contributed by atoms with Crippen LogP contribution in [0.3, 0.4) is 0 Å². The van der Waals surface area contributed by atoms with E-state index in [1.807, 2.05) is 6.07 Å². The molecule has 1 aliphatic rings. The first-order valence-corrected chi connectivity index (χ1v) is 7.70. The van der Waals surface area contributed by atoms with Crippen LogP contribution >= 0.6 is 0 Å². The Labute approximate surface area is 127 Å². The van der Waals surface area contributed by atoms with Crippen LogP contribution < -0.4 is 10.6 Å². The zero-order valence-corrected chi connectivity index (χ0v) is 13.4. The minimum atomic E-state index is 0.131. The van der Waals surface area contributed by atoms with E-state index < -0.39 is 0 Å². The second-order valence-corrected chi connectivity index (χ2v) is 6.13. The zero-order chi connectivity index (χ0) is 15.1. The fraction of sp³-hybridized carbons (Fsp3) is 0.733. The molecular weight excluding hydrogens is 266 g/mol. The van der Waals surface area contributed by atoms with Gasteiger partial charge in [-0.1, -0.05) is 11.6 Å². The first-order valence-electron chi connectivity index (χ1n) is 7.70. The summed E-state index contributed by atoms with van der Waals surface area (Å²) in [5.74, 6) is 0.795. The van der Waals surface area contributed by atoms with Crippen LogP contribution in [0.1, 0.15) is 38.8 Å². The van der Waals surface area contributed by atoms with E-state index in [9.17, 15) is 0 Å². The van der Waals surface area contributed by atoms with Crippen LogP contribution in [0.15, 0.2) is 21.8 Å². The smallest absolute Gasteiger partial charge is 0.191 e. The standard InChI is InChI=1S/C15H27N5O/c1-15(2,20-8-5-4-6-9-20)12-18-14(16-3)17-11-13-7-10-21-19-13/h7,10H,4-6,8-9,11-12H2,1-3H3,(H2,16,17,18). The van der Waals surface area contributed by atoms with Gasteiger partial charge in [0.1, 0.15) is 12.0 Å². The molecule has 0 bridgehead atoms. The highest BCUT2D eigenvalue weighted by Crippen LogP contribution is 2.19. The Morgan fingerprint density at radius 2 is 2.10 bits per heavy atom. The van der Waals surface area contributed by atoms with E-state index in [4.69, 9.17) is 4.52 Å². The summed E-state index contributed by atoms with van der Waals surface area (Å²) in [6, 6.07) is 1.85. The van der Waals surface area contributed by atoms with Crippen molar-refractivity contribution in [2.75, 3.05) is 26.7 Å². The predicted molar refractivity (Wildman–Crippen MR) is 84.2 cm³/mol. The monoisotopic (exact) mass is 293 g/mol. The largest absolute Gasteiger partial charge is 0.364 e. The number of piperidine rings is 1. The minimum Gasteiger partial charge on any atom is -0.364 e. The number of likely N-dealkylation sites (tertiary alicyclic amines) is 1. The summed E-state index contributed by atoms with van der Waals surface area (Å²) in [4.78, 5) is 6.82. The zero-order valence-electron chi connectivity index (χ0n) is 13.4. The Morgan fingerprint density at radius 3 is 2.71 bits per heavy atom. The number of nitrogens with one attached hydrogen (secondary N) is 2. The highest BCUT2D eigenvalue weighted by Gasteiger charge is 2.27. The molecule has 2 heterocycles. The molecule has 0 saturated carbocycles. The number of aliphatic imine (C=N–C) groups is 1. The molecule has 0 aliphatic carbocycles. The molecule has 0 radical (unpaired) electrons. The predicted octanol–water partition coefficient (Wildman–Crippen LogP) is 1.60. The van der Waals surface area contributed by atoms with Gasteiger partial charge in [0, 0.05) is 25.2 Å². The Bertz CT molecular complexity index is 435. The third kappa shape index (κ3) is 4.74. The third-order valence-electron chi connectivity index (χ3n) is 4.05. The highest BCUT2D eigenvalue weighted by molar-refractivity contribution is 5.79. The first kappa shape index (κ1) is 15.8. The fourth-order valence-corrected chi connectivity index (χ4v) is 2.63. The Balaban J connectivity index is 1.78. The fourth-order valence-electron chi connectivity index (χ4n) is 2.63. The molecule has 0 aromatic carbocycles. The van der Waals surface area contributed by atoms with Gasteiger partial charge >= 0.3 is 0 Å². The number of guanidine groups is 1. The van der Waals surface area contributed by atoms with Gasteiger partial charge in [-0.05, 0) is 39.8 Å². The molecule has 1 aromatic rings. The van der Waals surface area contributed by atoms with Crippen molar-refractivity contribution in [3.05, 3.63) is 18.0 Å². The van der Waals surface area contributed by atoms with E-state index in [-0.39, 0.29) is 5.54 Å². The summed E-state index contributed by atoms with van der Waals surface area (Å²) < 4.78 is 4.82. The van der Waals surface area contributed by atoms with E-state index >= 15 is 0 Å². The molecule has 0 atom stereocenters. The van der Waals surface area contributed by atoms with Crippen molar-refractivity contribution in [2.45, 2.75) is 45.2 Å². The van der Waals surface area contributed by atoms with E-state index in [1.54, 1.807) is 13.3 Å². The Morgan fingerprint density at radius 1 is 1.33 bits per heavy atom. The lowest BCUT2D eigenvalue weighted by atomic mass is 9.98. The molecule has 6 nitrogen and oxygen atoms in total. The highest BCUT2D eigenvalue weighted by atomic mass is 16.5. The maximum absolute atomic E-state index is 4.82. The number of hydrogen-bond donors (Lipinski definition) is 2. The van der Waals surface area contributed by atoms with Crippen LogP contribution in [0.25, 0.3) is 0 Å². The summed E-state index contributed by atoms with van der Waals surface area (Å²) in [5, 5.41) is 10.5. The molecule has 1 fully saturated rings. The summed E-state index contributed by atoms with van der Waals surface area (Å²) in [6.07, 6.45) is 5.55. The van der Waals surface area contributed by atoms with Crippen molar-refractivity contribution in [2.24, 2.45) is 4.99 Å².